The van der Waals surface area contributed by atoms with Gasteiger partial charge in [0.15, 0.2) is 0 Å². The molecule has 0 aliphatic carbocycles. The average Bonchev–Trinajstić information content (AvgIpc) is 2.26. The molecule has 1 rings (SSSR count). The molecular formula is C13H17NO. The first-order valence-electron chi connectivity index (χ1n) is 5.19. The highest BCUT2D eigenvalue weighted by Gasteiger charge is 2.14. The van der Waals surface area contributed by atoms with Crippen molar-refractivity contribution in [3.05, 3.63) is 42.5 Å². The number of rotatable bonds is 4. The Kier molecular flexibility index (Phi) is 4.10. The van der Waals surface area contributed by atoms with Crippen LogP contribution in [0.5, 0.6) is 0 Å². The van der Waals surface area contributed by atoms with Crippen molar-refractivity contribution in [2.24, 2.45) is 0 Å². The van der Waals surface area contributed by atoms with Crippen molar-refractivity contribution >= 4 is 11.6 Å². The van der Waals surface area contributed by atoms with Crippen molar-refractivity contribution in [3.8, 4) is 0 Å². The van der Waals surface area contributed by atoms with Crippen LogP contribution in [0.25, 0.3) is 0 Å². The molecule has 0 fully saturated rings. The van der Waals surface area contributed by atoms with E-state index < -0.39 is 0 Å². The predicted molar refractivity (Wildman–Crippen MR) is 63.9 cm³/mol. The third-order valence-corrected chi connectivity index (χ3v) is 2.13. The number of carbonyl (C=O) groups is 1. The minimum Gasteiger partial charge on any atom is -0.309 e. The number of benzene rings is 1. The van der Waals surface area contributed by atoms with Gasteiger partial charge in [-0.3, -0.25) is 4.79 Å². The summed E-state index contributed by atoms with van der Waals surface area (Å²) >= 11 is 0. The third kappa shape index (κ3) is 2.94. The number of hydrogen-bond donors (Lipinski definition) is 0. The summed E-state index contributed by atoms with van der Waals surface area (Å²) in [6.45, 7) is 8.23. The molecule has 0 bridgehead atoms. The summed E-state index contributed by atoms with van der Waals surface area (Å²) in [5, 5.41) is 0. The van der Waals surface area contributed by atoms with Crippen molar-refractivity contribution in [3.63, 3.8) is 0 Å². The van der Waals surface area contributed by atoms with E-state index >= 15 is 0 Å². The van der Waals surface area contributed by atoms with Gasteiger partial charge in [0, 0.05) is 17.8 Å². The van der Waals surface area contributed by atoms with Crippen LogP contribution in [-0.2, 0) is 4.79 Å². The van der Waals surface area contributed by atoms with Gasteiger partial charge in [0.2, 0.25) is 0 Å². The Morgan fingerprint density at radius 3 is 2.40 bits per heavy atom. The Hall–Kier alpha value is -1.57. The van der Waals surface area contributed by atoms with Gasteiger partial charge in [-0.15, -0.1) is 0 Å². The van der Waals surface area contributed by atoms with Crippen molar-refractivity contribution in [1.82, 2.24) is 0 Å². The second-order valence-electron chi connectivity index (χ2n) is 3.57. The van der Waals surface area contributed by atoms with Gasteiger partial charge in [-0.1, -0.05) is 31.7 Å². The molecule has 0 heterocycles. The largest absolute Gasteiger partial charge is 0.309 e. The quantitative estimate of drug-likeness (QED) is 0.689. The molecule has 15 heavy (non-hydrogen) atoms. The molecule has 0 radical (unpaired) electrons. The third-order valence-electron chi connectivity index (χ3n) is 2.13. The molecule has 0 spiro atoms. The van der Waals surface area contributed by atoms with E-state index in [4.69, 9.17) is 0 Å². The molecule has 80 valence electrons. The Morgan fingerprint density at radius 2 is 1.93 bits per heavy atom. The molecule has 0 aromatic heterocycles. The van der Waals surface area contributed by atoms with Crippen LogP contribution in [0, 0.1) is 0 Å². The lowest BCUT2D eigenvalue weighted by Gasteiger charge is -2.22. The summed E-state index contributed by atoms with van der Waals surface area (Å²) in [5.41, 5.74) is 1.51. The fourth-order valence-corrected chi connectivity index (χ4v) is 1.41. The maximum atomic E-state index is 11.9. The molecule has 0 saturated carbocycles. The van der Waals surface area contributed by atoms with Crippen LogP contribution in [0.3, 0.4) is 0 Å². The summed E-state index contributed by atoms with van der Waals surface area (Å²) in [7, 11) is 0. The second kappa shape index (κ2) is 5.35. The molecule has 1 aromatic carbocycles. The van der Waals surface area contributed by atoms with Crippen molar-refractivity contribution in [1.29, 1.82) is 0 Å². The van der Waals surface area contributed by atoms with Gasteiger partial charge in [0.25, 0.3) is 5.91 Å². The summed E-state index contributed by atoms with van der Waals surface area (Å²) in [6, 6.07) is 9.69. The molecule has 0 aliphatic heterocycles. The molecule has 2 heteroatoms. The Balaban J connectivity index is 2.93. The summed E-state index contributed by atoms with van der Waals surface area (Å²) in [4.78, 5) is 13.6. The van der Waals surface area contributed by atoms with Crippen LogP contribution in [0.4, 0.5) is 5.69 Å². The van der Waals surface area contributed by atoms with Gasteiger partial charge in [-0.2, -0.15) is 0 Å². The summed E-state index contributed by atoms with van der Waals surface area (Å²) in [5.74, 6) is 0.00282. The van der Waals surface area contributed by atoms with Crippen LogP contribution in [-0.4, -0.2) is 12.5 Å². The Bertz CT molecular complexity index is 343. The molecule has 2 nitrogen and oxygen atoms in total. The van der Waals surface area contributed by atoms with Gasteiger partial charge in [-0.25, -0.2) is 0 Å². The lowest BCUT2D eigenvalue weighted by atomic mass is 10.2. The van der Waals surface area contributed by atoms with Crippen LogP contribution in [0.1, 0.15) is 20.3 Å². The SMILES string of the molecule is C=C(C)C(=O)N(CCC)c1ccccc1. The highest BCUT2D eigenvalue weighted by molar-refractivity contribution is 6.04. The maximum Gasteiger partial charge on any atom is 0.253 e. The van der Waals surface area contributed by atoms with Gasteiger partial charge in [-0.05, 0) is 25.5 Å². The normalized spacial score (nSPS) is 9.73. The number of amides is 1. The lowest BCUT2D eigenvalue weighted by Crippen LogP contribution is -2.31. The Morgan fingerprint density at radius 1 is 1.33 bits per heavy atom. The molecule has 1 amide bonds. The monoisotopic (exact) mass is 203 g/mol. The molecule has 0 atom stereocenters. The molecule has 0 unspecified atom stereocenters. The van der Waals surface area contributed by atoms with Crippen molar-refractivity contribution in [2.45, 2.75) is 20.3 Å². The van der Waals surface area contributed by atoms with E-state index in [9.17, 15) is 4.79 Å². The van der Waals surface area contributed by atoms with Crippen molar-refractivity contribution < 1.29 is 4.79 Å². The van der Waals surface area contributed by atoms with Gasteiger partial charge >= 0.3 is 0 Å². The van der Waals surface area contributed by atoms with Gasteiger partial charge < -0.3 is 4.90 Å². The molecule has 1 aromatic rings. The van der Waals surface area contributed by atoms with Gasteiger partial charge in [0.05, 0.1) is 0 Å². The van der Waals surface area contributed by atoms with E-state index in [-0.39, 0.29) is 5.91 Å². The number of carbonyl (C=O) groups excluding carboxylic acids is 1. The smallest absolute Gasteiger partial charge is 0.253 e. The summed E-state index contributed by atoms with van der Waals surface area (Å²) in [6.07, 6.45) is 0.938. The van der Waals surface area contributed by atoms with E-state index in [0.717, 1.165) is 18.7 Å². The predicted octanol–water partition coefficient (Wildman–Crippen LogP) is 3.01. The minimum atomic E-state index is 0.00282. The van der Waals surface area contributed by atoms with Crippen molar-refractivity contribution in [2.75, 3.05) is 11.4 Å². The molecule has 0 saturated heterocycles. The first kappa shape index (κ1) is 11.5. The number of anilines is 1. The van der Waals surface area contributed by atoms with E-state index in [0.29, 0.717) is 5.57 Å². The second-order valence-corrected chi connectivity index (χ2v) is 3.57. The highest BCUT2D eigenvalue weighted by atomic mass is 16.2. The Labute approximate surface area is 91.2 Å². The lowest BCUT2D eigenvalue weighted by molar-refractivity contribution is -0.115. The molecule has 0 aliphatic rings. The van der Waals surface area contributed by atoms with Crippen LogP contribution in [0.15, 0.2) is 42.5 Å². The summed E-state index contributed by atoms with van der Waals surface area (Å²) < 4.78 is 0. The fourth-order valence-electron chi connectivity index (χ4n) is 1.41. The fraction of sp³-hybridized carbons (Fsp3) is 0.308. The van der Waals surface area contributed by atoms with Crippen LogP contribution in [0.2, 0.25) is 0 Å². The van der Waals surface area contributed by atoms with Gasteiger partial charge in [0.1, 0.15) is 0 Å². The maximum absolute atomic E-state index is 11.9. The first-order chi connectivity index (χ1) is 7.16. The zero-order valence-corrected chi connectivity index (χ0v) is 9.36. The average molecular weight is 203 g/mol. The minimum absolute atomic E-state index is 0.00282. The topological polar surface area (TPSA) is 20.3 Å². The van der Waals surface area contributed by atoms with E-state index in [1.807, 2.05) is 30.3 Å². The van der Waals surface area contributed by atoms with E-state index in [1.54, 1.807) is 11.8 Å². The molecular weight excluding hydrogens is 186 g/mol. The number of hydrogen-bond acceptors (Lipinski definition) is 1. The zero-order chi connectivity index (χ0) is 11.3. The standard InChI is InChI=1S/C13H17NO/c1-4-10-14(13(15)11(2)3)12-8-6-5-7-9-12/h5-9H,2,4,10H2,1,3H3. The van der Waals surface area contributed by atoms with Crippen LogP contribution < -0.4 is 4.90 Å². The highest BCUT2D eigenvalue weighted by Crippen LogP contribution is 2.15. The number of para-hydroxylation sites is 1. The first-order valence-corrected chi connectivity index (χ1v) is 5.19. The molecule has 0 N–H and O–H groups in total. The van der Waals surface area contributed by atoms with E-state index in [1.165, 1.54) is 0 Å². The zero-order valence-electron chi connectivity index (χ0n) is 9.36. The van der Waals surface area contributed by atoms with Crippen LogP contribution >= 0.6 is 0 Å². The van der Waals surface area contributed by atoms with E-state index in [2.05, 4.69) is 13.5 Å². The number of nitrogens with zero attached hydrogens (tertiary/aromatic N) is 1.